The molecule has 4 aromatic rings. The van der Waals surface area contributed by atoms with Crippen LogP contribution in [0.2, 0.25) is 0 Å². The first kappa shape index (κ1) is 16.5. The maximum absolute atomic E-state index is 11.2. The number of hydrogen-bond donors (Lipinski definition) is 4. The minimum absolute atomic E-state index is 0.103. The average Bonchev–Trinajstić information content (AvgIpc) is 3.10. The van der Waals surface area contributed by atoms with Crippen LogP contribution in [0.1, 0.15) is 6.92 Å². The highest BCUT2D eigenvalue weighted by Crippen LogP contribution is 2.32. The predicted octanol–water partition coefficient (Wildman–Crippen LogP) is 3.30. The quantitative estimate of drug-likeness (QED) is 0.443. The van der Waals surface area contributed by atoms with Crippen LogP contribution < -0.4 is 16.4 Å². The third kappa shape index (κ3) is 3.54. The predicted molar refractivity (Wildman–Crippen MR) is 106 cm³/mol. The van der Waals surface area contributed by atoms with Gasteiger partial charge in [0, 0.05) is 35.4 Å². The number of amides is 1. The van der Waals surface area contributed by atoms with Crippen molar-refractivity contribution in [1.82, 2.24) is 20.2 Å². The number of hydrogen-bond acceptors (Lipinski definition) is 6. The van der Waals surface area contributed by atoms with Gasteiger partial charge in [0.25, 0.3) is 0 Å². The fraction of sp³-hybridized carbons (Fsp3) is 0.0526. The smallest absolute Gasteiger partial charge is 0.221 e. The molecule has 2 heterocycles. The van der Waals surface area contributed by atoms with Gasteiger partial charge in [-0.15, -0.1) is 0 Å². The van der Waals surface area contributed by atoms with E-state index in [4.69, 9.17) is 5.73 Å². The van der Waals surface area contributed by atoms with E-state index in [1.54, 1.807) is 18.5 Å². The lowest BCUT2D eigenvalue weighted by Gasteiger charge is -2.10. The monoisotopic (exact) mass is 359 g/mol. The highest BCUT2D eigenvalue weighted by molar-refractivity contribution is 5.97. The van der Waals surface area contributed by atoms with Crippen molar-refractivity contribution in [2.45, 2.75) is 6.92 Å². The van der Waals surface area contributed by atoms with Crippen molar-refractivity contribution in [3.8, 4) is 11.1 Å². The van der Waals surface area contributed by atoms with E-state index in [1.165, 1.54) is 6.92 Å². The minimum atomic E-state index is -0.103. The fourth-order valence-corrected chi connectivity index (χ4v) is 2.89. The number of H-pyrrole nitrogens is 1. The lowest BCUT2D eigenvalue weighted by atomic mass is 10.0. The Kier molecular flexibility index (Phi) is 4.13. The summed E-state index contributed by atoms with van der Waals surface area (Å²) in [4.78, 5) is 19.3. The molecule has 5 N–H and O–H groups in total. The topological polar surface area (TPSA) is 122 Å². The third-order valence-corrected chi connectivity index (χ3v) is 4.01. The SMILES string of the molecule is CC(=O)Nc1ccc(-c2cc(Nc3ccnc(N)n3)cc3cn[nH]c23)cc1. The molecule has 1 amide bonds. The third-order valence-electron chi connectivity index (χ3n) is 4.01. The summed E-state index contributed by atoms with van der Waals surface area (Å²) in [6.45, 7) is 1.48. The normalized spacial score (nSPS) is 10.7. The largest absolute Gasteiger partial charge is 0.368 e. The van der Waals surface area contributed by atoms with Gasteiger partial charge in [-0.25, -0.2) is 4.98 Å². The second kappa shape index (κ2) is 6.75. The number of carbonyl (C=O) groups excluding carboxylic acids is 1. The van der Waals surface area contributed by atoms with Crippen LogP contribution in [-0.4, -0.2) is 26.1 Å². The van der Waals surface area contributed by atoms with Crippen molar-refractivity contribution in [3.05, 3.63) is 54.9 Å². The maximum Gasteiger partial charge on any atom is 0.221 e. The van der Waals surface area contributed by atoms with Gasteiger partial charge in [-0.1, -0.05) is 12.1 Å². The Bertz CT molecular complexity index is 1120. The standard InChI is InChI=1S/C19H17N7O/c1-11(27)23-14-4-2-12(3-5-14)16-9-15(8-13-10-22-26-18(13)16)24-17-6-7-21-19(20)25-17/h2-10H,1H3,(H,22,26)(H,23,27)(H3,20,21,24,25). The number of nitrogen functional groups attached to an aromatic ring is 1. The molecule has 0 spiro atoms. The molecule has 2 aromatic heterocycles. The Hall–Kier alpha value is -3.94. The summed E-state index contributed by atoms with van der Waals surface area (Å²) in [5, 5.41) is 14.2. The molecule has 0 aliphatic rings. The molecule has 2 aromatic carbocycles. The number of fused-ring (bicyclic) bond motifs is 1. The fourth-order valence-electron chi connectivity index (χ4n) is 2.89. The van der Waals surface area contributed by atoms with Crippen LogP contribution in [0.4, 0.5) is 23.1 Å². The number of benzene rings is 2. The van der Waals surface area contributed by atoms with Gasteiger partial charge in [0.1, 0.15) is 5.82 Å². The van der Waals surface area contributed by atoms with E-state index in [1.807, 2.05) is 36.4 Å². The molecule has 8 nitrogen and oxygen atoms in total. The summed E-state index contributed by atoms with van der Waals surface area (Å²) in [5.41, 5.74) is 10.1. The van der Waals surface area contributed by atoms with E-state index in [-0.39, 0.29) is 11.9 Å². The first-order chi connectivity index (χ1) is 13.1. The van der Waals surface area contributed by atoms with Crippen LogP contribution in [0, 0.1) is 0 Å². The van der Waals surface area contributed by atoms with Crippen LogP contribution in [0.15, 0.2) is 54.9 Å². The van der Waals surface area contributed by atoms with Crippen LogP contribution in [0.5, 0.6) is 0 Å². The minimum Gasteiger partial charge on any atom is -0.368 e. The first-order valence-corrected chi connectivity index (χ1v) is 8.29. The Morgan fingerprint density at radius 2 is 1.93 bits per heavy atom. The van der Waals surface area contributed by atoms with Crippen LogP contribution in [0.3, 0.4) is 0 Å². The number of rotatable bonds is 4. The average molecular weight is 359 g/mol. The summed E-state index contributed by atoms with van der Waals surface area (Å²) in [5.74, 6) is 0.713. The van der Waals surface area contributed by atoms with Crippen LogP contribution >= 0.6 is 0 Å². The van der Waals surface area contributed by atoms with E-state index in [0.29, 0.717) is 5.82 Å². The van der Waals surface area contributed by atoms with Gasteiger partial charge in [-0.3, -0.25) is 9.89 Å². The second-order valence-corrected chi connectivity index (χ2v) is 6.04. The van der Waals surface area contributed by atoms with Gasteiger partial charge in [0.05, 0.1) is 11.7 Å². The maximum atomic E-state index is 11.2. The number of carbonyl (C=O) groups is 1. The van der Waals surface area contributed by atoms with Crippen LogP contribution in [0.25, 0.3) is 22.0 Å². The van der Waals surface area contributed by atoms with E-state index in [0.717, 1.165) is 33.4 Å². The van der Waals surface area contributed by atoms with Gasteiger partial charge in [-0.05, 0) is 35.9 Å². The Labute approximate surface area is 154 Å². The van der Waals surface area contributed by atoms with Crippen molar-refractivity contribution >= 4 is 40.0 Å². The molecular formula is C19H17N7O. The molecular weight excluding hydrogens is 342 g/mol. The highest BCUT2D eigenvalue weighted by atomic mass is 16.1. The molecule has 0 bridgehead atoms. The number of nitrogens with zero attached hydrogens (tertiary/aromatic N) is 3. The van der Waals surface area contributed by atoms with E-state index in [2.05, 4.69) is 30.8 Å². The molecule has 0 saturated heterocycles. The van der Waals surface area contributed by atoms with E-state index in [9.17, 15) is 4.79 Å². The number of aromatic amines is 1. The van der Waals surface area contributed by atoms with Crippen molar-refractivity contribution in [2.75, 3.05) is 16.4 Å². The second-order valence-electron chi connectivity index (χ2n) is 6.04. The van der Waals surface area contributed by atoms with Gasteiger partial charge in [0.15, 0.2) is 0 Å². The first-order valence-electron chi connectivity index (χ1n) is 8.29. The summed E-state index contributed by atoms with van der Waals surface area (Å²) in [6.07, 6.45) is 3.37. The van der Waals surface area contributed by atoms with Gasteiger partial charge < -0.3 is 16.4 Å². The molecule has 0 atom stereocenters. The molecule has 0 aliphatic heterocycles. The Morgan fingerprint density at radius 3 is 2.67 bits per heavy atom. The molecule has 0 saturated carbocycles. The van der Waals surface area contributed by atoms with Crippen molar-refractivity contribution in [1.29, 1.82) is 0 Å². The molecule has 8 heteroatoms. The van der Waals surface area contributed by atoms with Gasteiger partial charge in [0.2, 0.25) is 11.9 Å². The zero-order chi connectivity index (χ0) is 18.8. The van der Waals surface area contributed by atoms with Crippen molar-refractivity contribution < 1.29 is 4.79 Å². The molecule has 0 radical (unpaired) electrons. The molecule has 0 unspecified atom stereocenters. The number of nitrogens with two attached hydrogens (primary N) is 1. The number of aromatic nitrogens is 4. The molecule has 4 rings (SSSR count). The summed E-state index contributed by atoms with van der Waals surface area (Å²) >= 11 is 0. The molecule has 134 valence electrons. The summed E-state index contributed by atoms with van der Waals surface area (Å²) in [6, 6.07) is 13.4. The Morgan fingerprint density at radius 1 is 1.11 bits per heavy atom. The number of nitrogens with one attached hydrogen (secondary N) is 3. The number of anilines is 4. The van der Waals surface area contributed by atoms with E-state index < -0.39 is 0 Å². The summed E-state index contributed by atoms with van der Waals surface area (Å²) in [7, 11) is 0. The zero-order valence-electron chi connectivity index (χ0n) is 14.5. The zero-order valence-corrected chi connectivity index (χ0v) is 14.5. The van der Waals surface area contributed by atoms with Gasteiger partial charge in [-0.2, -0.15) is 10.1 Å². The lowest BCUT2D eigenvalue weighted by Crippen LogP contribution is -2.05. The van der Waals surface area contributed by atoms with E-state index >= 15 is 0 Å². The molecule has 0 aliphatic carbocycles. The lowest BCUT2D eigenvalue weighted by molar-refractivity contribution is -0.114. The highest BCUT2D eigenvalue weighted by Gasteiger charge is 2.10. The molecule has 0 fully saturated rings. The van der Waals surface area contributed by atoms with Gasteiger partial charge >= 0.3 is 0 Å². The van der Waals surface area contributed by atoms with Crippen molar-refractivity contribution in [3.63, 3.8) is 0 Å². The Balaban J connectivity index is 1.73. The van der Waals surface area contributed by atoms with Crippen molar-refractivity contribution in [2.24, 2.45) is 0 Å². The summed E-state index contributed by atoms with van der Waals surface area (Å²) < 4.78 is 0. The van der Waals surface area contributed by atoms with Crippen LogP contribution in [-0.2, 0) is 4.79 Å². The molecule has 27 heavy (non-hydrogen) atoms.